The van der Waals surface area contributed by atoms with Crippen molar-refractivity contribution >= 4 is 5.69 Å². The Kier molecular flexibility index (Phi) is 2.54. The number of benzene rings is 1. The average molecular weight is 153 g/mol. The van der Waals surface area contributed by atoms with E-state index in [1.807, 2.05) is 0 Å². The van der Waals surface area contributed by atoms with Crippen LogP contribution in [0.4, 0.5) is 10.1 Å². The van der Waals surface area contributed by atoms with Gasteiger partial charge in [0, 0.05) is 0 Å². The first-order chi connectivity index (χ1) is 5.33. The zero-order valence-corrected chi connectivity index (χ0v) is 6.08. The van der Waals surface area contributed by atoms with Crippen molar-refractivity contribution in [1.29, 1.82) is 0 Å². The third-order valence-electron chi connectivity index (χ3n) is 1.12. The molecule has 3 nitrogen and oxygen atoms in total. The Hall–Kier alpha value is -1.45. The Bertz CT molecular complexity index is 242. The lowest BCUT2D eigenvalue weighted by atomic mass is 10.3. The van der Waals surface area contributed by atoms with Gasteiger partial charge in [-0.3, -0.25) is 5.43 Å². The largest absolute Gasteiger partial charge is 0.260 e. The van der Waals surface area contributed by atoms with Crippen molar-refractivity contribution in [3.8, 4) is 0 Å². The molecular weight excluding hydrogens is 145 g/mol. The van der Waals surface area contributed by atoms with Crippen LogP contribution in [0.1, 0.15) is 0 Å². The molecule has 1 N–H and O–H groups in total. The van der Waals surface area contributed by atoms with Crippen LogP contribution in [0.2, 0.25) is 0 Å². The van der Waals surface area contributed by atoms with Crippen LogP contribution in [-0.2, 0) is 0 Å². The maximum atomic E-state index is 12.3. The number of nitrogens with one attached hydrogen (secondary N) is 1. The molecule has 0 aliphatic carbocycles. The maximum Gasteiger partial charge on any atom is 0.123 e. The topological polar surface area (TPSA) is 36.8 Å². The van der Waals surface area contributed by atoms with Gasteiger partial charge in [0.25, 0.3) is 0 Å². The van der Waals surface area contributed by atoms with Crippen LogP contribution in [0.25, 0.3) is 0 Å². The molecule has 0 saturated heterocycles. The number of halogens is 1. The number of hydrogen-bond donors (Lipinski definition) is 1. The van der Waals surface area contributed by atoms with Crippen molar-refractivity contribution in [1.82, 2.24) is 0 Å². The van der Waals surface area contributed by atoms with Gasteiger partial charge in [0.2, 0.25) is 0 Å². The first-order valence-corrected chi connectivity index (χ1v) is 3.13. The van der Waals surface area contributed by atoms with Crippen molar-refractivity contribution in [2.24, 2.45) is 10.3 Å². The van der Waals surface area contributed by atoms with E-state index < -0.39 is 0 Å². The first kappa shape index (κ1) is 7.65. The second-order valence-electron chi connectivity index (χ2n) is 1.92. The fourth-order valence-corrected chi connectivity index (χ4v) is 0.632. The number of rotatable bonds is 2. The maximum absolute atomic E-state index is 12.3. The summed E-state index contributed by atoms with van der Waals surface area (Å²) in [4.78, 5) is 0. The molecule has 11 heavy (non-hydrogen) atoms. The first-order valence-electron chi connectivity index (χ1n) is 3.13. The molecule has 0 aliphatic heterocycles. The normalized spacial score (nSPS) is 10.4. The van der Waals surface area contributed by atoms with Gasteiger partial charge in [0.05, 0.1) is 12.7 Å². The highest BCUT2D eigenvalue weighted by molar-refractivity contribution is 5.41. The summed E-state index contributed by atoms with van der Waals surface area (Å²) in [6, 6.07) is 5.88. The van der Waals surface area contributed by atoms with Gasteiger partial charge in [-0.2, -0.15) is 5.11 Å². The zero-order valence-electron chi connectivity index (χ0n) is 6.08. The third kappa shape index (κ3) is 2.33. The van der Waals surface area contributed by atoms with Crippen LogP contribution in [0.5, 0.6) is 0 Å². The predicted octanol–water partition coefficient (Wildman–Crippen LogP) is 2.23. The van der Waals surface area contributed by atoms with Crippen LogP contribution >= 0.6 is 0 Å². The van der Waals surface area contributed by atoms with E-state index in [1.165, 1.54) is 12.1 Å². The number of anilines is 1. The number of nitrogens with zero attached hydrogens (tertiary/aromatic N) is 2. The lowest BCUT2D eigenvalue weighted by molar-refractivity contribution is 0.628. The molecule has 0 spiro atoms. The third-order valence-corrected chi connectivity index (χ3v) is 1.12. The smallest absolute Gasteiger partial charge is 0.123 e. The van der Waals surface area contributed by atoms with Gasteiger partial charge in [-0.1, -0.05) is 5.22 Å². The van der Waals surface area contributed by atoms with Crippen molar-refractivity contribution < 1.29 is 4.39 Å². The van der Waals surface area contributed by atoms with Gasteiger partial charge in [-0.25, -0.2) is 4.39 Å². The average Bonchev–Trinajstić information content (AvgIpc) is 2.04. The molecule has 0 heterocycles. The quantitative estimate of drug-likeness (QED) is 0.513. The van der Waals surface area contributed by atoms with Crippen molar-refractivity contribution in [3.63, 3.8) is 0 Å². The van der Waals surface area contributed by atoms with E-state index in [9.17, 15) is 4.39 Å². The second kappa shape index (κ2) is 3.65. The van der Waals surface area contributed by atoms with E-state index in [-0.39, 0.29) is 5.82 Å². The summed E-state index contributed by atoms with van der Waals surface area (Å²) >= 11 is 0. The van der Waals surface area contributed by atoms with Crippen LogP contribution in [0, 0.1) is 5.82 Å². The summed E-state index contributed by atoms with van der Waals surface area (Å²) in [7, 11) is 1.55. The molecule has 0 bridgehead atoms. The molecule has 0 amide bonds. The summed E-state index contributed by atoms with van der Waals surface area (Å²) in [5.74, 6) is -0.260. The van der Waals surface area contributed by atoms with Gasteiger partial charge < -0.3 is 0 Å². The minimum absolute atomic E-state index is 0.260. The molecule has 0 radical (unpaired) electrons. The molecule has 1 aromatic carbocycles. The fourth-order valence-electron chi connectivity index (χ4n) is 0.632. The Morgan fingerprint density at radius 3 is 2.45 bits per heavy atom. The number of hydrogen-bond acceptors (Lipinski definition) is 2. The second-order valence-corrected chi connectivity index (χ2v) is 1.92. The van der Waals surface area contributed by atoms with Gasteiger partial charge in [-0.05, 0) is 24.3 Å². The molecule has 1 rings (SSSR count). The Morgan fingerprint density at radius 1 is 1.27 bits per heavy atom. The summed E-state index contributed by atoms with van der Waals surface area (Å²) in [5, 5.41) is 7.00. The van der Waals surface area contributed by atoms with Crippen LogP contribution in [0.3, 0.4) is 0 Å². The molecule has 58 valence electrons. The summed E-state index contributed by atoms with van der Waals surface area (Å²) < 4.78 is 12.3. The Labute approximate surface area is 63.9 Å². The van der Waals surface area contributed by atoms with Crippen LogP contribution < -0.4 is 5.43 Å². The van der Waals surface area contributed by atoms with Gasteiger partial charge in [0.15, 0.2) is 0 Å². The van der Waals surface area contributed by atoms with Crippen molar-refractivity contribution in [2.75, 3.05) is 12.5 Å². The van der Waals surface area contributed by atoms with Gasteiger partial charge >= 0.3 is 0 Å². The van der Waals surface area contributed by atoms with E-state index in [0.29, 0.717) is 0 Å². The van der Waals surface area contributed by atoms with E-state index >= 15 is 0 Å². The highest BCUT2D eigenvalue weighted by atomic mass is 19.1. The van der Waals surface area contributed by atoms with Crippen molar-refractivity contribution in [2.45, 2.75) is 0 Å². The summed E-state index contributed by atoms with van der Waals surface area (Å²) in [6.07, 6.45) is 0. The molecule has 4 heteroatoms. The summed E-state index contributed by atoms with van der Waals surface area (Å²) in [6.45, 7) is 0. The lowest BCUT2D eigenvalue weighted by Gasteiger charge is -1.95. The minimum Gasteiger partial charge on any atom is -0.260 e. The SMILES string of the molecule is CN=NNc1ccc(F)cc1. The molecule has 0 saturated carbocycles. The Morgan fingerprint density at radius 2 is 1.91 bits per heavy atom. The van der Waals surface area contributed by atoms with E-state index in [2.05, 4.69) is 15.8 Å². The van der Waals surface area contributed by atoms with E-state index in [4.69, 9.17) is 0 Å². The molecule has 0 aliphatic rings. The standard InChI is InChI=1S/C7H8FN3/c1-9-11-10-7-4-2-6(8)3-5-7/h2-5H,1H3,(H,9,10). The van der Waals surface area contributed by atoms with Crippen LogP contribution in [-0.4, -0.2) is 7.05 Å². The fraction of sp³-hybridized carbons (Fsp3) is 0.143. The van der Waals surface area contributed by atoms with E-state index in [0.717, 1.165) is 5.69 Å². The molecular formula is C7H8FN3. The minimum atomic E-state index is -0.260. The molecule has 1 aromatic rings. The zero-order chi connectivity index (χ0) is 8.10. The van der Waals surface area contributed by atoms with Gasteiger partial charge in [0.1, 0.15) is 5.82 Å². The molecule has 0 fully saturated rings. The summed E-state index contributed by atoms with van der Waals surface area (Å²) in [5.41, 5.74) is 3.33. The molecule has 0 atom stereocenters. The lowest BCUT2D eigenvalue weighted by Crippen LogP contribution is -1.85. The molecule has 0 aromatic heterocycles. The predicted molar refractivity (Wildman–Crippen MR) is 40.8 cm³/mol. The highest BCUT2D eigenvalue weighted by Crippen LogP contribution is 2.07. The molecule has 0 unspecified atom stereocenters. The van der Waals surface area contributed by atoms with Gasteiger partial charge in [-0.15, -0.1) is 0 Å². The highest BCUT2D eigenvalue weighted by Gasteiger charge is 1.89. The van der Waals surface area contributed by atoms with Crippen molar-refractivity contribution in [3.05, 3.63) is 30.1 Å². The van der Waals surface area contributed by atoms with E-state index in [1.54, 1.807) is 19.2 Å². The Balaban J connectivity index is 2.66. The monoisotopic (exact) mass is 153 g/mol. The van der Waals surface area contributed by atoms with Crippen LogP contribution in [0.15, 0.2) is 34.6 Å².